The number of hydrogen-bond donors (Lipinski definition) is 0. The van der Waals surface area contributed by atoms with E-state index < -0.39 is 0 Å². The maximum Gasteiger partial charge on any atom is 0.200 e. The first-order valence-corrected chi connectivity index (χ1v) is 6.03. The van der Waals surface area contributed by atoms with Crippen LogP contribution in [0.25, 0.3) is 0 Å². The third kappa shape index (κ3) is 3.66. The number of benzene rings is 2. The van der Waals surface area contributed by atoms with Crippen LogP contribution in [0.4, 0.5) is 0 Å². The van der Waals surface area contributed by atoms with Crippen LogP contribution >= 0.6 is 11.6 Å². The van der Waals surface area contributed by atoms with Crippen LogP contribution in [0.1, 0.15) is 20.7 Å². The molecule has 0 radical (unpaired) electrons. The molecule has 0 aliphatic rings. The summed E-state index contributed by atoms with van der Waals surface area (Å²) in [4.78, 5) is 22.5. The summed E-state index contributed by atoms with van der Waals surface area (Å²) in [7, 11) is 0. The van der Waals surface area contributed by atoms with Gasteiger partial charge in [0.1, 0.15) is 12.0 Å². The second kappa shape index (κ2) is 6.16. The van der Waals surface area contributed by atoms with Crippen molar-refractivity contribution in [3.8, 4) is 5.75 Å². The van der Waals surface area contributed by atoms with Crippen LogP contribution in [0.3, 0.4) is 0 Å². The van der Waals surface area contributed by atoms with Crippen LogP contribution in [0.15, 0.2) is 48.5 Å². The van der Waals surface area contributed by atoms with E-state index in [9.17, 15) is 9.59 Å². The molecule has 0 aliphatic carbocycles. The SMILES string of the molecule is O=Cc1cccc(C(=O)COc2ccc(Cl)cc2)c1. The average molecular weight is 275 g/mol. The first-order valence-electron chi connectivity index (χ1n) is 5.66. The molecule has 0 aromatic heterocycles. The zero-order valence-electron chi connectivity index (χ0n) is 10.0. The van der Waals surface area contributed by atoms with Gasteiger partial charge in [-0.1, -0.05) is 29.8 Å². The molecule has 2 rings (SSSR count). The summed E-state index contributed by atoms with van der Waals surface area (Å²) in [6, 6.07) is 13.3. The Hall–Kier alpha value is -2.13. The van der Waals surface area contributed by atoms with E-state index in [1.807, 2.05) is 0 Å². The Morgan fingerprint density at radius 1 is 1.16 bits per heavy atom. The zero-order chi connectivity index (χ0) is 13.7. The number of Topliss-reactive ketones (excluding diaryl/α,β-unsaturated/α-hetero) is 1. The van der Waals surface area contributed by atoms with Gasteiger partial charge in [-0.25, -0.2) is 0 Å². The van der Waals surface area contributed by atoms with Crippen molar-refractivity contribution in [2.24, 2.45) is 0 Å². The van der Waals surface area contributed by atoms with Crippen molar-refractivity contribution < 1.29 is 14.3 Å². The van der Waals surface area contributed by atoms with E-state index in [4.69, 9.17) is 16.3 Å². The first kappa shape index (κ1) is 13.3. The van der Waals surface area contributed by atoms with Gasteiger partial charge in [-0.3, -0.25) is 9.59 Å². The standard InChI is InChI=1S/C15H11ClO3/c16-13-4-6-14(7-5-13)19-10-15(18)12-3-1-2-11(8-12)9-17/h1-9H,10H2. The molecule has 0 saturated carbocycles. The Labute approximate surface area is 115 Å². The molecule has 3 nitrogen and oxygen atoms in total. The lowest BCUT2D eigenvalue weighted by molar-refractivity contribution is 0.0921. The molecule has 0 spiro atoms. The number of carbonyl (C=O) groups excluding carboxylic acids is 2. The van der Waals surface area contributed by atoms with Gasteiger partial charge in [0.05, 0.1) is 0 Å². The normalized spacial score (nSPS) is 9.95. The number of ether oxygens (including phenoxy) is 1. The van der Waals surface area contributed by atoms with E-state index in [1.54, 1.807) is 48.5 Å². The number of hydrogen-bond acceptors (Lipinski definition) is 3. The molecule has 0 N–H and O–H groups in total. The molecule has 0 saturated heterocycles. The third-order valence-corrected chi connectivity index (χ3v) is 2.78. The summed E-state index contributed by atoms with van der Waals surface area (Å²) < 4.78 is 5.35. The number of ketones is 1. The maximum atomic E-state index is 11.9. The fourth-order valence-electron chi connectivity index (χ4n) is 1.55. The van der Waals surface area contributed by atoms with Gasteiger partial charge >= 0.3 is 0 Å². The number of rotatable bonds is 5. The molecule has 0 fully saturated rings. The van der Waals surface area contributed by atoms with Crippen molar-refractivity contribution in [2.75, 3.05) is 6.61 Å². The van der Waals surface area contributed by atoms with Gasteiger partial charge in [0.25, 0.3) is 0 Å². The van der Waals surface area contributed by atoms with Gasteiger partial charge in [0.2, 0.25) is 0 Å². The maximum absolute atomic E-state index is 11.9. The highest BCUT2D eigenvalue weighted by atomic mass is 35.5. The van der Waals surface area contributed by atoms with E-state index in [1.165, 1.54) is 0 Å². The molecule has 96 valence electrons. The molecular weight excluding hydrogens is 264 g/mol. The predicted octanol–water partition coefficient (Wildman–Crippen LogP) is 3.41. The molecule has 0 heterocycles. The minimum atomic E-state index is -0.182. The van der Waals surface area contributed by atoms with Gasteiger partial charge in [-0.05, 0) is 30.3 Å². The fourth-order valence-corrected chi connectivity index (χ4v) is 1.67. The second-order valence-corrected chi connectivity index (χ2v) is 4.35. The van der Waals surface area contributed by atoms with Crippen LogP contribution in [-0.2, 0) is 0 Å². The van der Waals surface area contributed by atoms with Gasteiger partial charge in [0, 0.05) is 16.1 Å². The molecule has 0 bridgehead atoms. The summed E-state index contributed by atoms with van der Waals surface area (Å²) in [5.74, 6) is 0.392. The summed E-state index contributed by atoms with van der Waals surface area (Å²) in [5, 5.41) is 0.609. The van der Waals surface area contributed by atoms with Crippen molar-refractivity contribution >= 4 is 23.7 Å². The predicted molar refractivity (Wildman–Crippen MR) is 73.1 cm³/mol. The van der Waals surface area contributed by atoms with E-state index in [0.717, 1.165) is 0 Å². The lowest BCUT2D eigenvalue weighted by Crippen LogP contribution is -2.11. The summed E-state index contributed by atoms with van der Waals surface area (Å²) in [6.45, 7) is -0.0794. The van der Waals surface area contributed by atoms with Gasteiger partial charge < -0.3 is 4.74 Å². The Morgan fingerprint density at radius 3 is 2.58 bits per heavy atom. The summed E-state index contributed by atoms with van der Waals surface area (Å²) in [6.07, 6.45) is 0.705. The quantitative estimate of drug-likeness (QED) is 0.620. The van der Waals surface area contributed by atoms with Crippen molar-refractivity contribution in [3.05, 3.63) is 64.7 Å². The average Bonchev–Trinajstić information content (AvgIpc) is 2.46. The Kier molecular flexibility index (Phi) is 4.31. The molecular formula is C15H11ClO3. The minimum absolute atomic E-state index is 0.0794. The molecule has 0 unspecified atom stereocenters. The number of carbonyl (C=O) groups is 2. The van der Waals surface area contributed by atoms with Crippen molar-refractivity contribution in [2.45, 2.75) is 0 Å². The zero-order valence-corrected chi connectivity index (χ0v) is 10.8. The molecule has 2 aromatic rings. The highest BCUT2D eigenvalue weighted by Gasteiger charge is 2.07. The smallest absolute Gasteiger partial charge is 0.200 e. The molecule has 4 heteroatoms. The van der Waals surface area contributed by atoms with Crippen LogP contribution in [0.2, 0.25) is 5.02 Å². The van der Waals surface area contributed by atoms with E-state index >= 15 is 0 Å². The number of halogens is 1. The molecule has 0 atom stereocenters. The van der Waals surface area contributed by atoms with E-state index in [-0.39, 0.29) is 12.4 Å². The van der Waals surface area contributed by atoms with Gasteiger partial charge in [0.15, 0.2) is 12.4 Å². The molecule has 0 aliphatic heterocycles. The largest absolute Gasteiger partial charge is 0.485 e. The van der Waals surface area contributed by atoms with Crippen molar-refractivity contribution in [1.82, 2.24) is 0 Å². The lowest BCUT2D eigenvalue weighted by atomic mass is 10.1. The van der Waals surface area contributed by atoms with E-state index in [2.05, 4.69) is 0 Å². The minimum Gasteiger partial charge on any atom is -0.485 e. The second-order valence-electron chi connectivity index (χ2n) is 3.91. The van der Waals surface area contributed by atoms with Crippen molar-refractivity contribution in [1.29, 1.82) is 0 Å². The van der Waals surface area contributed by atoms with Crippen molar-refractivity contribution in [3.63, 3.8) is 0 Å². The highest BCUT2D eigenvalue weighted by Crippen LogP contribution is 2.16. The summed E-state index contributed by atoms with van der Waals surface area (Å²) in [5.41, 5.74) is 0.927. The van der Waals surface area contributed by atoms with Crippen LogP contribution < -0.4 is 4.74 Å². The lowest BCUT2D eigenvalue weighted by Gasteiger charge is -2.05. The van der Waals surface area contributed by atoms with Crippen LogP contribution in [-0.4, -0.2) is 18.7 Å². The Balaban J connectivity index is 2.00. The van der Waals surface area contributed by atoms with Crippen LogP contribution in [0.5, 0.6) is 5.75 Å². The monoisotopic (exact) mass is 274 g/mol. The Morgan fingerprint density at radius 2 is 1.89 bits per heavy atom. The van der Waals surface area contributed by atoms with Gasteiger partial charge in [-0.2, -0.15) is 0 Å². The molecule has 2 aromatic carbocycles. The summed E-state index contributed by atoms with van der Waals surface area (Å²) >= 11 is 5.75. The highest BCUT2D eigenvalue weighted by molar-refractivity contribution is 6.30. The van der Waals surface area contributed by atoms with Gasteiger partial charge in [-0.15, -0.1) is 0 Å². The number of aldehydes is 1. The fraction of sp³-hybridized carbons (Fsp3) is 0.0667. The van der Waals surface area contributed by atoms with E-state index in [0.29, 0.717) is 28.2 Å². The first-order chi connectivity index (χ1) is 9.19. The topological polar surface area (TPSA) is 43.4 Å². The Bertz CT molecular complexity index is 591. The third-order valence-electron chi connectivity index (χ3n) is 2.53. The van der Waals surface area contributed by atoms with Crippen LogP contribution in [0, 0.1) is 0 Å². The molecule has 19 heavy (non-hydrogen) atoms. The molecule has 0 amide bonds.